The number of carbonyl (C=O) groups excluding carboxylic acids is 1. The Bertz CT molecular complexity index is 450. The molecule has 1 aromatic rings. The maximum Gasteiger partial charge on any atom is 0.244 e. The lowest BCUT2D eigenvalue weighted by atomic mass is 9.83. The lowest BCUT2D eigenvalue weighted by Crippen LogP contribution is -2.38. The molecule has 2 N–H and O–H groups in total. The molecule has 0 unspecified atom stereocenters. The standard InChI is InChI=1S/C18H27NO2/c1-4-15-7-9-16(10-8-15)11-12-17(21)19-13-18(5-2,6-3)14-20/h7-12,20H,4-6,13-14H2,1-3H3,(H,19,21)/b12-11+. The molecule has 0 fully saturated rings. The fraction of sp³-hybridized carbons (Fsp3) is 0.500. The summed E-state index contributed by atoms with van der Waals surface area (Å²) in [5.74, 6) is -0.116. The van der Waals surface area contributed by atoms with Gasteiger partial charge in [-0.25, -0.2) is 0 Å². The average molecular weight is 289 g/mol. The number of nitrogens with one attached hydrogen (secondary N) is 1. The summed E-state index contributed by atoms with van der Waals surface area (Å²) in [5.41, 5.74) is 2.10. The van der Waals surface area contributed by atoms with Crippen molar-refractivity contribution in [2.24, 2.45) is 5.41 Å². The van der Waals surface area contributed by atoms with Gasteiger partial charge in [0.1, 0.15) is 0 Å². The van der Waals surface area contributed by atoms with Gasteiger partial charge >= 0.3 is 0 Å². The quantitative estimate of drug-likeness (QED) is 0.722. The van der Waals surface area contributed by atoms with E-state index in [-0.39, 0.29) is 17.9 Å². The van der Waals surface area contributed by atoms with Crippen LogP contribution in [0, 0.1) is 5.41 Å². The number of hydrogen-bond acceptors (Lipinski definition) is 2. The predicted molar refractivity (Wildman–Crippen MR) is 88.0 cm³/mol. The van der Waals surface area contributed by atoms with Crippen molar-refractivity contribution in [3.63, 3.8) is 0 Å². The van der Waals surface area contributed by atoms with Crippen molar-refractivity contribution >= 4 is 12.0 Å². The Balaban J connectivity index is 2.54. The van der Waals surface area contributed by atoms with Crippen LogP contribution in [0.3, 0.4) is 0 Å². The van der Waals surface area contributed by atoms with E-state index in [1.807, 2.05) is 32.1 Å². The maximum absolute atomic E-state index is 11.9. The van der Waals surface area contributed by atoms with E-state index in [0.29, 0.717) is 6.54 Å². The Hall–Kier alpha value is -1.61. The predicted octanol–water partition coefficient (Wildman–Crippen LogP) is 3.18. The Kier molecular flexibility index (Phi) is 7.17. The normalized spacial score (nSPS) is 11.8. The molecule has 0 aromatic heterocycles. The third kappa shape index (κ3) is 5.35. The van der Waals surface area contributed by atoms with E-state index < -0.39 is 0 Å². The summed E-state index contributed by atoms with van der Waals surface area (Å²) in [6.45, 7) is 6.80. The third-order valence-corrected chi connectivity index (χ3v) is 4.29. The van der Waals surface area contributed by atoms with Gasteiger partial charge in [-0.3, -0.25) is 4.79 Å². The van der Waals surface area contributed by atoms with E-state index >= 15 is 0 Å². The molecule has 0 saturated carbocycles. The first-order valence-corrected chi connectivity index (χ1v) is 7.75. The van der Waals surface area contributed by atoms with Crippen molar-refractivity contribution in [2.45, 2.75) is 40.0 Å². The van der Waals surface area contributed by atoms with Gasteiger partial charge in [0, 0.05) is 18.0 Å². The van der Waals surface area contributed by atoms with Gasteiger partial charge in [0.15, 0.2) is 0 Å². The van der Waals surface area contributed by atoms with E-state index in [9.17, 15) is 9.90 Å². The highest BCUT2D eigenvalue weighted by atomic mass is 16.3. The zero-order valence-electron chi connectivity index (χ0n) is 13.4. The molecule has 3 nitrogen and oxygen atoms in total. The van der Waals surface area contributed by atoms with Crippen LogP contribution in [0.15, 0.2) is 30.3 Å². The topological polar surface area (TPSA) is 49.3 Å². The Morgan fingerprint density at radius 3 is 2.29 bits per heavy atom. The molecular weight excluding hydrogens is 262 g/mol. The zero-order valence-corrected chi connectivity index (χ0v) is 13.4. The molecule has 116 valence electrons. The minimum Gasteiger partial charge on any atom is -0.396 e. The van der Waals surface area contributed by atoms with E-state index in [0.717, 1.165) is 24.8 Å². The molecule has 1 amide bonds. The number of hydrogen-bond donors (Lipinski definition) is 2. The second-order valence-corrected chi connectivity index (χ2v) is 5.51. The number of aliphatic hydroxyl groups excluding tert-OH is 1. The monoisotopic (exact) mass is 289 g/mol. The number of carbonyl (C=O) groups is 1. The Morgan fingerprint density at radius 2 is 1.81 bits per heavy atom. The second kappa shape index (κ2) is 8.63. The molecule has 0 aliphatic rings. The van der Waals surface area contributed by atoms with Crippen LogP contribution in [-0.2, 0) is 11.2 Å². The molecule has 0 heterocycles. The average Bonchev–Trinajstić information content (AvgIpc) is 2.55. The molecular formula is C18H27NO2. The number of benzene rings is 1. The van der Waals surface area contributed by atoms with Gasteiger partial charge in [0.05, 0.1) is 6.61 Å². The summed E-state index contributed by atoms with van der Waals surface area (Å²) in [4.78, 5) is 11.9. The summed E-state index contributed by atoms with van der Waals surface area (Å²) >= 11 is 0. The SMILES string of the molecule is CCc1ccc(/C=C/C(=O)NCC(CC)(CC)CO)cc1. The van der Waals surface area contributed by atoms with Gasteiger partial charge in [0.25, 0.3) is 0 Å². The first kappa shape index (κ1) is 17.4. The summed E-state index contributed by atoms with van der Waals surface area (Å²) < 4.78 is 0. The van der Waals surface area contributed by atoms with Crippen LogP contribution in [0.1, 0.15) is 44.7 Å². The fourth-order valence-corrected chi connectivity index (χ4v) is 2.15. The molecule has 3 heteroatoms. The van der Waals surface area contributed by atoms with E-state index in [2.05, 4.69) is 24.4 Å². The van der Waals surface area contributed by atoms with E-state index in [4.69, 9.17) is 0 Å². The summed E-state index contributed by atoms with van der Waals surface area (Å²) in [6, 6.07) is 8.17. The zero-order chi connectivity index (χ0) is 15.7. The van der Waals surface area contributed by atoms with Crippen molar-refractivity contribution in [1.29, 1.82) is 0 Å². The highest BCUT2D eigenvalue weighted by Crippen LogP contribution is 2.24. The molecule has 0 saturated heterocycles. The van der Waals surface area contributed by atoms with Crippen molar-refractivity contribution in [3.05, 3.63) is 41.5 Å². The molecule has 0 atom stereocenters. The summed E-state index contributed by atoms with van der Waals surface area (Å²) in [6.07, 6.45) is 6.08. The third-order valence-electron chi connectivity index (χ3n) is 4.29. The Labute approximate surface area is 128 Å². The van der Waals surface area contributed by atoms with Crippen LogP contribution in [0.4, 0.5) is 0 Å². The molecule has 0 spiro atoms. The second-order valence-electron chi connectivity index (χ2n) is 5.51. The molecule has 0 aliphatic heterocycles. The van der Waals surface area contributed by atoms with E-state index in [1.54, 1.807) is 6.08 Å². The Morgan fingerprint density at radius 1 is 1.19 bits per heavy atom. The molecule has 0 radical (unpaired) electrons. The van der Waals surface area contributed by atoms with Crippen LogP contribution >= 0.6 is 0 Å². The molecule has 1 rings (SSSR count). The van der Waals surface area contributed by atoms with Gasteiger partial charge in [-0.1, -0.05) is 45.0 Å². The van der Waals surface area contributed by atoms with Crippen LogP contribution < -0.4 is 5.32 Å². The highest BCUT2D eigenvalue weighted by molar-refractivity contribution is 5.91. The maximum atomic E-state index is 11.9. The first-order valence-electron chi connectivity index (χ1n) is 7.75. The van der Waals surface area contributed by atoms with Crippen molar-refractivity contribution in [1.82, 2.24) is 5.32 Å². The lowest BCUT2D eigenvalue weighted by molar-refractivity contribution is -0.117. The number of aryl methyl sites for hydroxylation is 1. The van der Waals surface area contributed by atoms with Crippen molar-refractivity contribution < 1.29 is 9.90 Å². The van der Waals surface area contributed by atoms with Gasteiger partial charge < -0.3 is 10.4 Å². The van der Waals surface area contributed by atoms with E-state index in [1.165, 1.54) is 5.56 Å². The smallest absolute Gasteiger partial charge is 0.244 e. The van der Waals surface area contributed by atoms with Crippen molar-refractivity contribution in [2.75, 3.05) is 13.2 Å². The number of aliphatic hydroxyl groups is 1. The van der Waals surface area contributed by atoms with Crippen LogP contribution in [0.5, 0.6) is 0 Å². The molecule has 0 aliphatic carbocycles. The minimum absolute atomic E-state index is 0.0997. The molecule has 0 bridgehead atoms. The van der Waals surface area contributed by atoms with Crippen LogP contribution in [0.2, 0.25) is 0 Å². The van der Waals surface area contributed by atoms with Gasteiger partial charge in [-0.2, -0.15) is 0 Å². The van der Waals surface area contributed by atoms with Gasteiger partial charge in [-0.05, 0) is 36.5 Å². The molecule has 1 aromatic carbocycles. The molecule has 21 heavy (non-hydrogen) atoms. The van der Waals surface area contributed by atoms with Crippen molar-refractivity contribution in [3.8, 4) is 0 Å². The lowest BCUT2D eigenvalue weighted by Gasteiger charge is -2.29. The summed E-state index contributed by atoms with van der Waals surface area (Å²) in [7, 11) is 0. The fourth-order valence-electron chi connectivity index (χ4n) is 2.15. The van der Waals surface area contributed by atoms with Gasteiger partial charge in [0.2, 0.25) is 5.91 Å². The van der Waals surface area contributed by atoms with Crippen LogP contribution in [-0.4, -0.2) is 24.2 Å². The highest BCUT2D eigenvalue weighted by Gasteiger charge is 2.25. The van der Waals surface area contributed by atoms with Gasteiger partial charge in [-0.15, -0.1) is 0 Å². The summed E-state index contributed by atoms with van der Waals surface area (Å²) in [5, 5.41) is 12.4. The minimum atomic E-state index is -0.202. The largest absolute Gasteiger partial charge is 0.396 e. The number of rotatable bonds is 8. The number of amides is 1. The van der Waals surface area contributed by atoms with Crippen LogP contribution in [0.25, 0.3) is 6.08 Å². The first-order chi connectivity index (χ1) is 10.1.